The average molecular weight is 542 g/mol. The number of ether oxygens (including phenoxy) is 1. The molecule has 2 amide bonds. The van der Waals surface area contributed by atoms with Crippen molar-refractivity contribution in [1.82, 2.24) is 5.43 Å². The molecule has 38 heavy (non-hydrogen) atoms. The number of benzene rings is 4. The summed E-state index contributed by atoms with van der Waals surface area (Å²) in [5, 5.41) is 7.37. The number of amides is 2. The van der Waals surface area contributed by atoms with Gasteiger partial charge in [0.1, 0.15) is 5.75 Å². The lowest BCUT2D eigenvalue weighted by Crippen LogP contribution is -2.20. The first-order chi connectivity index (χ1) is 18.6. The molecule has 0 heterocycles. The molecule has 0 bridgehead atoms. The lowest BCUT2D eigenvalue weighted by molar-refractivity contribution is -0.119. The normalized spacial score (nSPS) is 12.1. The third-order valence-electron chi connectivity index (χ3n) is 5.96. The van der Waals surface area contributed by atoms with Crippen LogP contribution in [0.1, 0.15) is 21.9 Å². The first-order valence-electron chi connectivity index (χ1n) is 12.0. The van der Waals surface area contributed by atoms with E-state index in [0.29, 0.717) is 16.5 Å². The topological polar surface area (TPSA) is 79.8 Å². The van der Waals surface area contributed by atoms with Crippen molar-refractivity contribution in [3.63, 3.8) is 0 Å². The summed E-state index contributed by atoms with van der Waals surface area (Å²) in [6.07, 6.45) is 1.57. The van der Waals surface area contributed by atoms with Crippen LogP contribution in [0.4, 0.5) is 5.69 Å². The van der Waals surface area contributed by atoms with Gasteiger partial charge in [0.2, 0.25) is 5.91 Å². The van der Waals surface area contributed by atoms with Gasteiger partial charge in [0.15, 0.2) is 6.61 Å². The molecule has 4 aromatic rings. The van der Waals surface area contributed by atoms with Crippen LogP contribution < -0.4 is 15.5 Å². The minimum absolute atomic E-state index is 0.122. The molecule has 0 saturated heterocycles. The zero-order valence-corrected chi connectivity index (χ0v) is 21.8. The number of nitrogens with zero attached hydrogens (tertiary/aromatic N) is 1. The van der Waals surface area contributed by atoms with Crippen molar-refractivity contribution in [3.05, 3.63) is 119 Å². The van der Waals surface area contributed by atoms with E-state index in [9.17, 15) is 9.59 Å². The summed E-state index contributed by atoms with van der Waals surface area (Å²) >= 11 is 7.64. The summed E-state index contributed by atoms with van der Waals surface area (Å²) in [4.78, 5) is 24.6. The Hall–Kier alpha value is -4.07. The van der Waals surface area contributed by atoms with Gasteiger partial charge in [-0.05, 0) is 64.2 Å². The van der Waals surface area contributed by atoms with Gasteiger partial charge in [0.25, 0.3) is 5.91 Å². The molecule has 0 aromatic heterocycles. The Kier molecular flexibility index (Phi) is 8.06. The Morgan fingerprint density at radius 3 is 2.16 bits per heavy atom. The van der Waals surface area contributed by atoms with E-state index >= 15 is 0 Å². The molecule has 0 radical (unpaired) electrons. The highest BCUT2D eigenvalue weighted by molar-refractivity contribution is 8.00. The number of rotatable bonds is 9. The molecule has 0 atom stereocenters. The van der Waals surface area contributed by atoms with E-state index < -0.39 is 0 Å². The summed E-state index contributed by atoms with van der Waals surface area (Å²) < 4.78 is 5.54. The monoisotopic (exact) mass is 541 g/mol. The fourth-order valence-electron chi connectivity index (χ4n) is 4.21. The molecule has 4 aromatic carbocycles. The molecular weight excluding hydrogens is 518 g/mol. The van der Waals surface area contributed by atoms with Crippen LogP contribution in [0.3, 0.4) is 0 Å². The van der Waals surface area contributed by atoms with Gasteiger partial charge in [-0.15, -0.1) is 11.8 Å². The minimum atomic E-state index is -0.311. The van der Waals surface area contributed by atoms with E-state index in [0.717, 1.165) is 5.56 Å². The standard InChI is InChI=1S/C30H24ClN3O3S/c31-26-11-5-6-12-27(26)33-28(35)18-37-21-15-13-20(14-16-21)17-32-34-29(36)19-38-30-24-9-3-1-7-22(24)23-8-2-4-10-25(23)30/h1-17,30H,18-19H2,(H,33,35)(H,34,36). The zero-order valence-electron chi connectivity index (χ0n) is 20.3. The van der Waals surface area contributed by atoms with Gasteiger partial charge in [-0.25, -0.2) is 5.43 Å². The van der Waals surface area contributed by atoms with Crippen molar-refractivity contribution in [2.45, 2.75) is 5.25 Å². The second-order valence-electron chi connectivity index (χ2n) is 8.54. The van der Waals surface area contributed by atoms with Crippen LogP contribution in [0.15, 0.2) is 102 Å². The van der Waals surface area contributed by atoms with Gasteiger partial charge in [-0.1, -0.05) is 72.3 Å². The number of carbonyl (C=O) groups is 2. The minimum Gasteiger partial charge on any atom is -0.484 e. The van der Waals surface area contributed by atoms with Crippen LogP contribution in [-0.4, -0.2) is 30.4 Å². The van der Waals surface area contributed by atoms with Gasteiger partial charge in [-0.2, -0.15) is 5.10 Å². The van der Waals surface area contributed by atoms with E-state index in [1.807, 2.05) is 24.3 Å². The van der Waals surface area contributed by atoms with Crippen LogP contribution in [0.2, 0.25) is 5.02 Å². The molecule has 5 rings (SSSR count). The molecular formula is C30H24ClN3O3S. The molecule has 190 valence electrons. The highest BCUT2D eigenvalue weighted by Crippen LogP contribution is 2.49. The smallest absolute Gasteiger partial charge is 0.262 e. The number of para-hydroxylation sites is 1. The Labute approximate surface area is 230 Å². The van der Waals surface area contributed by atoms with Crippen molar-refractivity contribution < 1.29 is 14.3 Å². The summed E-state index contributed by atoms with van der Waals surface area (Å²) in [6.45, 7) is -0.150. The Morgan fingerprint density at radius 2 is 1.47 bits per heavy atom. The molecule has 0 fully saturated rings. The van der Waals surface area contributed by atoms with E-state index in [1.165, 1.54) is 22.3 Å². The summed E-state index contributed by atoms with van der Waals surface area (Å²) in [6, 6.07) is 30.7. The zero-order chi connectivity index (χ0) is 26.3. The van der Waals surface area contributed by atoms with Gasteiger partial charge in [0, 0.05) is 0 Å². The number of fused-ring (bicyclic) bond motifs is 3. The van der Waals surface area contributed by atoms with Gasteiger partial charge < -0.3 is 10.1 Å². The molecule has 0 unspecified atom stereocenters. The summed E-state index contributed by atoms with van der Waals surface area (Å²) in [5.74, 6) is 0.341. The molecule has 6 nitrogen and oxygen atoms in total. The Balaban J connectivity index is 1.08. The predicted octanol–water partition coefficient (Wildman–Crippen LogP) is 6.31. The number of thioether (sulfide) groups is 1. The van der Waals surface area contributed by atoms with Gasteiger partial charge in [-0.3, -0.25) is 9.59 Å². The number of halogens is 1. The first kappa shape index (κ1) is 25.6. The Morgan fingerprint density at radius 1 is 0.842 bits per heavy atom. The van der Waals surface area contributed by atoms with Crippen LogP contribution in [0.25, 0.3) is 11.1 Å². The molecule has 8 heteroatoms. The maximum absolute atomic E-state index is 12.5. The quantitative estimate of drug-likeness (QED) is 0.192. The third-order valence-corrected chi connectivity index (χ3v) is 7.56. The van der Waals surface area contributed by atoms with Crippen LogP contribution in [0.5, 0.6) is 5.75 Å². The van der Waals surface area contributed by atoms with E-state index in [2.05, 4.69) is 40.1 Å². The van der Waals surface area contributed by atoms with Gasteiger partial charge in [0.05, 0.1) is 27.9 Å². The lowest BCUT2D eigenvalue weighted by atomic mass is 10.1. The molecule has 1 aliphatic rings. The molecule has 2 N–H and O–H groups in total. The van der Waals surface area contributed by atoms with Crippen LogP contribution in [0, 0.1) is 0 Å². The second-order valence-corrected chi connectivity index (χ2v) is 10.0. The highest BCUT2D eigenvalue weighted by Gasteiger charge is 2.28. The van der Waals surface area contributed by atoms with E-state index in [4.69, 9.17) is 16.3 Å². The third kappa shape index (κ3) is 6.07. The fraction of sp³-hybridized carbons (Fsp3) is 0.100. The maximum Gasteiger partial charge on any atom is 0.262 e. The van der Waals surface area contributed by atoms with Crippen molar-refractivity contribution in [2.24, 2.45) is 5.10 Å². The number of hydrazone groups is 1. The largest absolute Gasteiger partial charge is 0.484 e. The van der Waals surface area contributed by atoms with Crippen LogP contribution in [-0.2, 0) is 9.59 Å². The van der Waals surface area contributed by atoms with Crippen molar-refractivity contribution in [1.29, 1.82) is 0 Å². The average Bonchev–Trinajstić information content (AvgIpc) is 3.26. The molecule has 1 aliphatic carbocycles. The van der Waals surface area contributed by atoms with Crippen molar-refractivity contribution in [2.75, 3.05) is 17.7 Å². The molecule has 0 aliphatic heterocycles. The van der Waals surface area contributed by atoms with Crippen molar-refractivity contribution in [3.8, 4) is 16.9 Å². The first-order valence-corrected chi connectivity index (χ1v) is 13.4. The number of nitrogens with one attached hydrogen (secondary N) is 2. The lowest BCUT2D eigenvalue weighted by Gasteiger charge is -2.12. The number of hydrogen-bond acceptors (Lipinski definition) is 5. The maximum atomic E-state index is 12.5. The van der Waals surface area contributed by atoms with Gasteiger partial charge >= 0.3 is 0 Å². The fourth-order valence-corrected chi connectivity index (χ4v) is 5.54. The van der Waals surface area contributed by atoms with Crippen molar-refractivity contribution >= 4 is 47.1 Å². The molecule has 0 spiro atoms. The highest BCUT2D eigenvalue weighted by atomic mass is 35.5. The summed E-state index contributed by atoms with van der Waals surface area (Å²) in [5.41, 5.74) is 8.85. The second kappa shape index (κ2) is 12.0. The summed E-state index contributed by atoms with van der Waals surface area (Å²) in [7, 11) is 0. The number of hydrogen-bond donors (Lipinski definition) is 2. The number of carbonyl (C=O) groups excluding carboxylic acids is 2. The Bertz CT molecular complexity index is 1440. The predicted molar refractivity (Wildman–Crippen MR) is 154 cm³/mol. The molecule has 0 saturated carbocycles. The number of anilines is 1. The van der Waals surface area contributed by atoms with E-state index in [-0.39, 0.29) is 29.4 Å². The SMILES string of the molecule is O=C(CSC1c2ccccc2-c2ccccc21)NN=Cc1ccc(OCC(=O)Nc2ccccc2Cl)cc1. The van der Waals surface area contributed by atoms with E-state index in [1.54, 1.807) is 66.5 Å². The van der Waals surface area contributed by atoms with Crippen LogP contribution >= 0.6 is 23.4 Å².